The van der Waals surface area contributed by atoms with E-state index in [4.69, 9.17) is 19.4 Å². The Morgan fingerprint density at radius 2 is 0.889 bits per heavy atom. The number of hydrogen-bond acceptors (Lipinski definition) is 4. The predicted octanol–water partition coefficient (Wildman–Crippen LogP) is 13.3. The van der Waals surface area contributed by atoms with Crippen molar-refractivity contribution in [1.82, 2.24) is 15.0 Å². The van der Waals surface area contributed by atoms with Crippen LogP contribution in [0.1, 0.15) is 5.56 Å². The molecule has 0 unspecified atom stereocenters. The van der Waals surface area contributed by atoms with Gasteiger partial charge in [-0.1, -0.05) is 152 Å². The lowest BCUT2D eigenvalue weighted by atomic mass is 9.96. The zero-order valence-corrected chi connectivity index (χ0v) is 29.6. The number of para-hydroxylation sites is 1. The molecule has 0 fully saturated rings. The van der Waals surface area contributed by atoms with Crippen molar-refractivity contribution in [2.24, 2.45) is 0 Å². The molecular weight excluding hydrogens is 659 g/mol. The first-order chi connectivity index (χ1) is 26.7. The molecule has 0 radical (unpaired) electrons. The van der Waals surface area contributed by atoms with Crippen molar-refractivity contribution in [2.45, 2.75) is 6.92 Å². The third-order valence-electron chi connectivity index (χ3n) is 10.3. The van der Waals surface area contributed by atoms with Gasteiger partial charge in [0, 0.05) is 27.5 Å². The van der Waals surface area contributed by atoms with Crippen molar-refractivity contribution >= 4 is 54.3 Å². The summed E-state index contributed by atoms with van der Waals surface area (Å²) in [7, 11) is 0. The molecule has 0 saturated carbocycles. The van der Waals surface area contributed by atoms with Gasteiger partial charge in [0.15, 0.2) is 17.5 Å². The molecule has 0 aliphatic carbocycles. The van der Waals surface area contributed by atoms with Crippen molar-refractivity contribution in [1.29, 1.82) is 0 Å². The van der Waals surface area contributed by atoms with E-state index in [0.29, 0.717) is 17.5 Å². The highest BCUT2D eigenvalue weighted by atomic mass is 16.3. The van der Waals surface area contributed by atoms with E-state index >= 15 is 0 Å². The standard InChI is InChI=1S/C50H33N3O/c1-32-16-4-2-5-17-33-20-8-9-21-35(33)28-42(32)48-51-49(43-29-36-22-10-11-23-38(36)39-24-12-13-25-40(39)43)53-50(52-48)44-30-37(34-18-6-3-7-19-34)31-46-47(44)41-26-14-15-27-45(41)54-46/h2-31H,1H3. The first kappa shape index (κ1) is 31.6. The molecule has 2 aromatic heterocycles. The van der Waals surface area contributed by atoms with Gasteiger partial charge in [-0.2, -0.15) is 0 Å². The van der Waals surface area contributed by atoms with Crippen LogP contribution < -0.4 is 0 Å². The second kappa shape index (κ2) is 13.1. The lowest BCUT2D eigenvalue weighted by molar-refractivity contribution is 0.669. The number of fused-ring (bicyclic) bond motifs is 7. The highest BCUT2D eigenvalue weighted by molar-refractivity contribution is 6.14. The summed E-state index contributed by atoms with van der Waals surface area (Å²) in [6.07, 6.45) is 0. The smallest absolute Gasteiger partial charge is 0.164 e. The summed E-state index contributed by atoms with van der Waals surface area (Å²) in [4.78, 5) is 16.2. The van der Waals surface area contributed by atoms with Crippen LogP contribution in [-0.2, 0) is 0 Å². The van der Waals surface area contributed by atoms with Gasteiger partial charge >= 0.3 is 0 Å². The molecule has 0 saturated heterocycles. The van der Waals surface area contributed by atoms with E-state index in [-0.39, 0.29) is 0 Å². The molecule has 8 aromatic carbocycles. The second-order valence-electron chi connectivity index (χ2n) is 13.6. The monoisotopic (exact) mass is 691 g/mol. The van der Waals surface area contributed by atoms with E-state index in [1.54, 1.807) is 0 Å². The Labute approximate surface area is 312 Å². The number of benzene rings is 7. The molecule has 0 aliphatic rings. The van der Waals surface area contributed by atoms with Crippen LogP contribution in [0.2, 0.25) is 0 Å². The fourth-order valence-electron chi connectivity index (χ4n) is 7.62. The van der Waals surface area contributed by atoms with Crippen LogP contribution >= 0.6 is 0 Å². The van der Waals surface area contributed by atoms with Crippen molar-refractivity contribution in [3.63, 3.8) is 0 Å². The molecule has 0 spiro atoms. The van der Waals surface area contributed by atoms with Crippen LogP contribution in [0, 0.1) is 6.92 Å². The Balaban J connectivity index is 1.35. The Morgan fingerprint density at radius 1 is 0.352 bits per heavy atom. The van der Waals surface area contributed by atoms with E-state index < -0.39 is 0 Å². The van der Waals surface area contributed by atoms with Gasteiger partial charge in [0.25, 0.3) is 0 Å². The molecule has 0 amide bonds. The summed E-state index contributed by atoms with van der Waals surface area (Å²) < 4.78 is 6.55. The number of aromatic nitrogens is 3. The number of furan rings is 1. The van der Waals surface area contributed by atoms with Gasteiger partial charge in [0.2, 0.25) is 0 Å². The average molecular weight is 692 g/mol. The second-order valence-corrected chi connectivity index (χ2v) is 13.6. The topological polar surface area (TPSA) is 51.8 Å². The zero-order valence-electron chi connectivity index (χ0n) is 29.6. The Morgan fingerprint density at radius 3 is 1.67 bits per heavy atom. The zero-order chi connectivity index (χ0) is 36.0. The lowest BCUT2D eigenvalue weighted by Gasteiger charge is -2.14. The number of aryl methyl sites for hydroxylation is 1. The molecule has 4 heteroatoms. The minimum absolute atomic E-state index is 0.580. The summed E-state index contributed by atoms with van der Waals surface area (Å²) >= 11 is 0. The maximum absolute atomic E-state index is 6.55. The summed E-state index contributed by atoms with van der Waals surface area (Å²) in [6.45, 7) is 2.12. The van der Waals surface area contributed by atoms with Crippen LogP contribution in [-0.4, -0.2) is 15.0 Å². The number of nitrogens with zero attached hydrogens (tertiary/aromatic N) is 3. The summed E-state index contributed by atoms with van der Waals surface area (Å²) in [5.41, 5.74) is 7.51. The van der Waals surface area contributed by atoms with Gasteiger partial charge in [-0.05, 0) is 86.3 Å². The number of rotatable bonds is 4. The quantitative estimate of drug-likeness (QED) is 0.172. The van der Waals surface area contributed by atoms with Gasteiger partial charge < -0.3 is 4.42 Å². The van der Waals surface area contributed by atoms with E-state index in [9.17, 15) is 0 Å². The average Bonchev–Trinajstić information content (AvgIpc) is 3.61. The first-order valence-electron chi connectivity index (χ1n) is 18.2. The SMILES string of the molecule is Cc1cccccc2ccccc2cc1-c1nc(-c2cc3ccccc3c3ccccc23)nc(-c2cc(-c3ccccc3)cc3oc4ccccc4c23)n1. The van der Waals surface area contributed by atoms with Crippen molar-refractivity contribution < 1.29 is 4.42 Å². The molecule has 0 aliphatic heterocycles. The molecular formula is C50H33N3O. The van der Waals surface area contributed by atoms with E-state index in [2.05, 4.69) is 171 Å². The van der Waals surface area contributed by atoms with Crippen LogP contribution in [0.5, 0.6) is 0 Å². The van der Waals surface area contributed by atoms with E-state index in [0.717, 1.165) is 82.3 Å². The number of hydrogen-bond donors (Lipinski definition) is 0. The minimum atomic E-state index is 0.580. The minimum Gasteiger partial charge on any atom is -0.456 e. The Bertz CT molecular complexity index is 3130. The third-order valence-corrected chi connectivity index (χ3v) is 10.3. The summed E-state index contributed by atoms with van der Waals surface area (Å²) in [6, 6.07) is 63.3. The molecule has 54 heavy (non-hydrogen) atoms. The summed E-state index contributed by atoms with van der Waals surface area (Å²) in [5.74, 6) is 1.79. The molecule has 4 nitrogen and oxygen atoms in total. The largest absolute Gasteiger partial charge is 0.456 e. The molecule has 254 valence electrons. The van der Waals surface area contributed by atoms with Gasteiger partial charge in [0.1, 0.15) is 11.2 Å². The molecule has 0 N–H and O–H groups in total. The van der Waals surface area contributed by atoms with Crippen LogP contribution in [0.25, 0.3) is 99.5 Å². The van der Waals surface area contributed by atoms with E-state index in [1.165, 1.54) is 5.39 Å². The molecule has 0 bridgehead atoms. The van der Waals surface area contributed by atoms with Crippen molar-refractivity contribution in [2.75, 3.05) is 0 Å². The van der Waals surface area contributed by atoms with Gasteiger partial charge in [0.05, 0.1) is 0 Å². The van der Waals surface area contributed by atoms with Crippen LogP contribution in [0.15, 0.2) is 186 Å². The summed E-state index contributed by atoms with van der Waals surface area (Å²) in [5, 5.41) is 8.75. The van der Waals surface area contributed by atoms with Crippen molar-refractivity contribution in [3.8, 4) is 45.3 Å². The fourth-order valence-corrected chi connectivity index (χ4v) is 7.62. The Kier molecular flexibility index (Phi) is 7.66. The highest BCUT2D eigenvalue weighted by Gasteiger charge is 2.21. The molecule has 2 heterocycles. The van der Waals surface area contributed by atoms with Crippen LogP contribution in [0.4, 0.5) is 0 Å². The van der Waals surface area contributed by atoms with Gasteiger partial charge in [-0.25, -0.2) is 15.0 Å². The Hall–Kier alpha value is -7.17. The van der Waals surface area contributed by atoms with E-state index in [1.807, 2.05) is 18.2 Å². The molecule has 10 rings (SSSR count). The van der Waals surface area contributed by atoms with Crippen molar-refractivity contribution in [3.05, 3.63) is 188 Å². The van der Waals surface area contributed by atoms with Gasteiger partial charge in [-0.15, -0.1) is 0 Å². The molecule has 10 aromatic rings. The first-order valence-corrected chi connectivity index (χ1v) is 18.2. The van der Waals surface area contributed by atoms with Gasteiger partial charge in [-0.3, -0.25) is 0 Å². The predicted molar refractivity (Wildman–Crippen MR) is 224 cm³/mol. The fraction of sp³-hybridized carbons (Fsp3) is 0.0200. The third kappa shape index (κ3) is 5.53. The molecule has 0 atom stereocenters. The normalized spacial score (nSPS) is 11.4. The highest BCUT2D eigenvalue weighted by Crippen LogP contribution is 2.41. The lowest BCUT2D eigenvalue weighted by Crippen LogP contribution is -2.02. The maximum atomic E-state index is 6.55. The maximum Gasteiger partial charge on any atom is 0.164 e. The van der Waals surface area contributed by atoms with Crippen LogP contribution in [0.3, 0.4) is 0 Å².